The van der Waals surface area contributed by atoms with Gasteiger partial charge in [-0.1, -0.05) is 32.6 Å². The number of fused-ring (bicyclic) bond motifs is 1. The summed E-state index contributed by atoms with van der Waals surface area (Å²) in [6.45, 7) is 2.64. The molecule has 0 aromatic carbocycles. The SMILES string of the molecule is CCCCC[Si](OC)(OCC12CCCCC1O2)OC(OC)(OC)OC. The van der Waals surface area contributed by atoms with E-state index >= 15 is 0 Å². The first-order chi connectivity index (χ1) is 12.0. The lowest BCUT2D eigenvalue weighted by Gasteiger charge is -2.37. The highest BCUT2D eigenvalue weighted by Gasteiger charge is 2.60. The van der Waals surface area contributed by atoms with Crippen LogP contribution in [-0.2, 0) is 32.2 Å². The zero-order chi connectivity index (χ0) is 18.4. The van der Waals surface area contributed by atoms with Crippen LogP contribution < -0.4 is 0 Å². The lowest BCUT2D eigenvalue weighted by atomic mass is 9.90. The molecule has 2 rings (SSSR count). The van der Waals surface area contributed by atoms with Gasteiger partial charge in [0, 0.05) is 34.5 Å². The fourth-order valence-electron chi connectivity index (χ4n) is 3.49. The van der Waals surface area contributed by atoms with Crippen molar-refractivity contribution in [1.29, 1.82) is 0 Å². The molecule has 0 radical (unpaired) electrons. The molecule has 2 fully saturated rings. The fourth-order valence-corrected chi connectivity index (χ4v) is 5.98. The first kappa shape index (κ1) is 21.2. The van der Waals surface area contributed by atoms with Crippen LogP contribution in [0.15, 0.2) is 0 Å². The second-order valence-electron chi connectivity index (χ2n) is 6.76. The second-order valence-corrected chi connectivity index (χ2v) is 9.53. The summed E-state index contributed by atoms with van der Waals surface area (Å²) >= 11 is 0. The summed E-state index contributed by atoms with van der Waals surface area (Å²) in [5.41, 5.74) is -0.154. The van der Waals surface area contributed by atoms with E-state index in [1.807, 2.05) is 0 Å². The van der Waals surface area contributed by atoms with E-state index in [2.05, 4.69) is 6.92 Å². The third-order valence-electron chi connectivity index (χ3n) is 5.19. The molecule has 25 heavy (non-hydrogen) atoms. The molecule has 148 valence electrons. The van der Waals surface area contributed by atoms with Crippen LogP contribution in [0.25, 0.3) is 0 Å². The molecule has 0 amide bonds. The van der Waals surface area contributed by atoms with Crippen LogP contribution in [0.2, 0.25) is 6.04 Å². The molecule has 7 nitrogen and oxygen atoms in total. The summed E-state index contributed by atoms with van der Waals surface area (Å²) in [5.74, 6) is 0. The van der Waals surface area contributed by atoms with Crippen molar-refractivity contribution in [3.63, 3.8) is 0 Å². The Labute approximate surface area is 152 Å². The zero-order valence-electron chi connectivity index (χ0n) is 16.3. The Hall–Kier alpha value is -0.0631. The highest BCUT2D eigenvalue weighted by Crippen LogP contribution is 2.48. The van der Waals surface area contributed by atoms with Gasteiger partial charge in [0.2, 0.25) is 0 Å². The summed E-state index contributed by atoms with van der Waals surface area (Å²) < 4.78 is 40.0. The van der Waals surface area contributed by atoms with Crippen molar-refractivity contribution in [3.8, 4) is 0 Å². The van der Waals surface area contributed by atoms with E-state index < -0.39 is 15.0 Å². The minimum Gasteiger partial charge on any atom is -0.377 e. The average Bonchev–Trinajstić information content (AvgIpc) is 3.39. The van der Waals surface area contributed by atoms with E-state index in [0.717, 1.165) is 32.1 Å². The average molecular weight is 379 g/mol. The lowest BCUT2D eigenvalue weighted by molar-refractivity contribution is -0.460. The van der Waals surface area contributed by atoms with E-state index in [1.54, 1.807) is 7.11 Å². The topological polar surface area (TPSA) is 67.9 Å². The van der Waals surface area contributed by atoms with Gasteiger partial charge < -0.3 is 27.8 Å². The van der Waals surface area contributed by atoms with Crippen molar-refractivity contribution in [3.05, 3.63) is 0 Å². The van der Waals surface area contributed by atoms with Gasteiger partial charge in [-0.2, -0.15) is 0 Å². The predicted octanol–water partition coefficient (Wildman–Crippen LogP) is 3.06. The molecule has 0 aromatic heterocycles. The first-order valence-corrected chi connectivity index (χ1v) is 11.2. The van der Waals surface area contributed by atoms with Crippen molar-refractivity contribution >= 4 is 8.80 Å². The largest absolute Gasteiger partial charge is 0.506 e. The predicted molar refractivity (Wildman–Crippen MR) is 94.0 cm³/mol. The molecule has 0 aromatic rings. The summed E-state index contributed by atoms with van der Waals surface area (Å²) in [6, 6.07) is 0.677. The summed E-state index contributed by atoms with van der Waals surface area (Å²) in [7, 11) is 2.95. The van der Waals surface area contributed by atoms with E-state index in [4.69, 9.17) is 32.2 Å². The maximum atomic E-state index is 6.30. The Kier molecular flexibility index (Phi) is 7.84. The summed E-state index contributed by atoms with van der Waals surface area (Å²) in [5, 5.41) is 0. The Morgan fingerprint density at radius 3 is 2.36 bits per heavy atom. The van der Waals surface area contributed by atoms with Crippen LogP contribution in [0, 0.1) is 0 Å². The van der Waals surface area contributed by atoms with Crippen LogP contribution >= 0.6 is 0 Å². The number of hydrogen-bond acceptors (Lipinski definition) is 7. The van der Waals surface area contributed by atoms with E-state index in [0.29, 0.717) is 18.8 Å². The number of unbranched alkanes of at least 4 members (excludes halogenated alkanes) is 2. The Morgan fingerprint density at radius 2 is 1.80 bits per heavy atom. The molecule has 8 heteroatoms. The number of ether oxygens (including phenoxy) is 4. The molecule has 1 aliphatic heterocycles. The van der Waals surface area contributed by atoms with E-state index in [9.17, 15) is 0 Å². The summed E-state index contributed by atoms with van der Waals surface area (Å²) in [6.07, 6.45) is 6.37. The number of methoxy groups -OCH3 is 3. The monoisotopic (exact) mass is 378 g/mol. The van der Waals surface area contributed by atoms with Crippen molar-refractivity contribution < 1.29 is 32.2 Å². The van der Waals surface area contributed by atoms with Gasteiger partial charge in [0.05, 0.1) is 12.7 Å². The van der Waals surface area contributed by atoms with Crippen LogP contribution in [-0.4, -0.2) is 61.7 Å². The number of rotatable bonds is 13. The van der Waals surface area contributed by atoms with Gasteiger partial charge in [0.1, 0.15) is 5.60 Å². The summed E-state index contributed by atoms with van der Waals surface area (Å²) in [4.78, 5) is 0. The molecule has 0 bridgehead atoms. The second kappa shape index (κ2) is 9.23. The lowest BCUT2D eigenvalue weighted by Crippen LogP contribution is -2.56. The van der Waals surface area contributed by atoms with Crippen molar-refractivity contribution in [1.82, 2.24) is 0 Å². The van der Waals surface area contributed by atoms with Gasteiger partial charge in [0.15, 0.2) is 0 Å². The maximum absolute atomic E-state index is 6.30. The highest BCUT2D eigenvalue weighted by atomic mass is 28.4. The van der Waals surface area contributed by atoms with E-state index in [-0.39, 0.29) is 5.60 Å². The van der Waals surface area contributed by atoms with Gasteiger partial charge in [-0.3, -0.25) is 4.43 Å². The van der Waals surface area contributed by atoms with Crippen molar-refractivity contribution in [2.24, 2.45) is 0 Å². The van der Waals surface area contributed by atoms with E-state index in [1.165, 1.54) is 34.2 Å². The van der Waals surface area contributed by atoms with Crippen molar-refractivity contribution in [2.75, 3.05) is 35.0 Å². The zero-order valence-corrected chi connectivity index (χ0v) is 17.3. The Morgan fingerprint density at radius 1 is 1.08 bits per heavy atom. The van der Waals surface area contributed by atoms with Crippen molar-refractivity contribution in [2.45, 2.75) is 75.8 Å². The van der Waals surface area contributed by atoms with Crippen LogP contribution in [0.1, 0.15) is 51.9 Å². The van der Waals surface area contributed by atoms with Crippen LogP contribution in [0.4, 0.5) is 0 Å². The van der Waals surface area contributed by atoms with Gasteiger partial charge in [0.25, 0.3) is 0 Å². The van der Waals surface area contributed by atoms with Gasteiger partial charge >= 0.3 is 15.0 Å². The maximum Gasteiger partial charge on any atom is 0.506 e. The number of hydrogen-bond donors (Lipinski definition) is 0. The standard InChI is InChI=1S/C17H34O7Si/c1-6-7-10-13-25(21-5,24-17(18-2,19-3)20-4)22-14-16-12-9-8-11-15(16)23-16/h15H,6-14H2,1-5H3. The molecule has 1 heterocycles. The molecule has 1 aliphatic carbocycles. The van der Waals surface area contributed by atoms with Crippen LogP contribution in [0.5, 0.6) is 0 Å². The molecule has 1 saturated carbocycles. The van der Waals surface area contributed by atoms with Gasteiger partial charge in [-0.05, 0) is 19.3 Å². The minimum absolute atomic E-state index is 0.154. The van der Waals surface area contributed by atoms with Gasteiger partial charge in [-0.15, -0.1) is 0 Å². The molecule has 3 atom stereocenters. The molecule has 3 unspecified atom stereocenters. The van der Waals surface area contributed by atoms with Gasteiger partial charge in [-0.25, -0.2) is 0 Å². The third-order valence-corrected chi connectivity index (χ3v) is 7.92. The highest BCUT2D eigenvalue weighted by molar-refractivity contribution is 6.60. The molecular formula is C17H34O7Si. The Balaban J connectivity index is 2.07. The molecular weight excluding hydrogens is 344 g/mol. The normalized spacial score (nSPS) is 28.4. The smallest absolute Gasteiger partial charge is 0.377 e. The number of epoxide rings is 1. The van der Waals surface area contributed by atoms with Crippen LogP contribution in [0.3, 0.4) is 0 Å². The third kappa shape index (κ3) is 5.01. The molecule has 0 N–H and O–H groups in total. The quantitative estimate of drug-likeness (QED) is 0.211. The Bertz CT molecular complexity index is 398. The first-order valence-electron chi connectivity index (χ1n) is 9.26. The fraction of sp³-hybridized carbons (Fsp3) is 1.00. The minimum atomic E-state index is -3.06. The molecule has 0 spiro atoms. The molecule has 1 saturated heterocycles. The molecule has 2 aliphatic rings.